The number of carbonyl (C=O) groups is 2. The molecule has 1 aromatic heterocycles. The lowest BCUT2D eigenvalue weighted by atomic mass is 10.1. The summed E-state index contributed by atoms with van der Waals surface area (Å²) < 4.78 is 51.4. The minimum atomic E-state index is -1.37. The minimum Gasteiger partial charge on any atom is -0.491 e. The number of hydrogen-bond donors (Lipinski definition) is 1. The van der Waals surface area contributed by atoms with Crippen LogP contribution in [-0.4, -0.2) is 31.1 Å². The molecule has 0 atom stereocenters. The normalized spacial score (nSPS) is 10.4. The second-order valence-corrected chi connectivity index (χ2v) is 5.33. The summed E-state index contributed by atoms with van der Waals surface area (Å²) in [5.74, 6) is -6.31. The predicted molar refractivity (Wildman–Crippen MR) is 86.8 cm³/mol. The quantitative estimate of drug-likeness (QED) is 0.810. The maximum Gasteiger partial charge on any atom is 0.358 e. The number of benzene rings is 1. The van der Waals surface area contributed by atoms with Crippen LogP contribution in [0.1, 0.15) is 17.4 Å². The maximum absolute atomic E-state index is 14.5. The summed E-state index contributed by atoms with van der Waals surface area (Å²) in [4.78, 5) is 27.0. The zero-order valence-electron chi connectivity index (χ0n) is 13.7. The van der Waals surface area contributed by atoms with Gasteiger partial charge in [-0.15, -0.1) is 0 Å². The molecular formula is C16H12ClF3N2O4. The van der Waals surface area contributed by atoms with Gasteiger partial charge in [0.1, 0.15) is 5.82 Å². The minimum absolute atomic E-state index is 0.133. The van der Waals surface area contributed by atoms with Gasteiger partial charge in [0.15, 0.2) is 23.1 Å². The van der Waals surface area contributed by atoms with Gasteiger partial charge in [0, 0.05) is 13.0 Å². The molecular weight excluding hydrogens is 377 g/mol. The van der Waals surface area contributed by atoms with Crippen molar-refractivity contribution in [1.82, 2.24) is 4.98 Å². The van der Waals surface area contributed by atoms with Crippen LogP contribution >= 0.6 is 11.6 Å². The van der Waals surface area contributed by atoms with Crippen molar-refractivity contribution in [3.63, 3.8) is 0 Å². The molecule has 0 unspecified atom stereocenters. The predicted octanol–water partition coefficient (Wildman–Crippen LogP) is 3.57. The van der Waals surface area contributed by atoms with Crippen molar-refractivity contribution >= 4 is 29.2 Å². The van der Waals surface area contributed by atoms with Crippen molar-refractivity contribution < 1.29 is 32.2 Å². The Bertz CT molecular complexity index is 906. The van der Waals surface area contributed by atoms with Crippen LogP contribution in [0.4, 0.5) is 18.9 Å². The van der Waals surface area contributed by atoms with Gasteiger partial charge in [0.05, 0.1) is 36.2 Å². The van der Waals surface area contributed by atoms with Crippen LogP contribution in [0.25, 0.3) is 11.3 Å². The van der Waals surface area contributed by atoms with Gasteiger partial charge >= 0.3 is 5.97 Å². The lowest BCUT2D eigenvalue weighted by Gasteiger charge is -2.14. The van der Waals surface area contributed by atoms with Crippen molar-refractivity contribution in [1.29, 1.82) is 0 Å². The van der Waals surface area contributed by atoms with Gasteiger partial charge in [-0.3, -0.25) is 4.79 Å². The summed E-state index contributed by atoms with van der Waals surface area (Å²) >= 11 is 6.00. The van der Waals surface area contributed by atoms with Crippen molar-refractivity contribution in [3.8, 4) is 17.0 Å². The third kappa shape index (κ3) is 3.57. The summed E-state index contributed by atoms with van der Waals surface area (Å²) in [6, 6.07) is 1.44. The first-order valence-corrected chi connectivity index (χ1v) is 7.37. The van der Waals surface area contributed by atoms with E-state index in [-0.39, 0.29) is 10.7 Å². The first kappa shape index (κ1) is 19.5. The van der Waals surface area contributed by atoms with Crippen LogP contribution in [-0.2, 0) is 9.53 Å². The number of methoxy groups -OCH3 is 2. The molecule has 0 saturated heterocycles. The Morgan fingerprint density at radius 1 is 1.15 bits per heavy atom. The SMILES string of the molecule is COC(=O)c1nc(-c2c(F)cc(F)c(OC)c2F)cc(NC(C)=O)c1Cl. The number of nitrogens with zero attached hydrogens (tertiary/aromatic N) is 1. The van der Waals surface area contributed by atoms with Crippen molar-refractivity contribution in [2.45, 2.75) is 6.92 Å². The average Bonchev–Trinajstić information content (AvgIpc) is 2.56. The molecule has 0 spiro atoms. The Morgan fingerprint density at radius 2 is 1.81 bits per heavy atom. The highest BCUT2D eigenvalue weighted by atomic mass is 35.5. The number of halogens is 4. The summed E-state index contributed by atoms with van der Waals surface area (Å²) in [6.07, 6.45) is 0. The van der Waals surface area contributed by atoms with Gasteiger partial charge in [-0.05, 0) is 6.07 Å². The molecule has 10 heteroatoms. The van der Waals surface area contributed by atoms with E-state index in [1.807, 2.05) is 0 Å². The van der Waals surface area contributed by atoms with Crippen molar-refractivity contribution in [3.05, 3.63) is 40.3 Å². The topological polar surface area (TPSA) is 77.5 Å². The third-order valence-corrected chi connectivity index (χ3v) is 3.62. The number of esters is 1. The van der Waals surface area contributed by atoms with Gasteiger partial charge in [-0.2, -0.15) is 0 Å². The standard InChI is InChI=1S/C16H12ClF3N2O4/c1-6(23)21-10-5-9(22-14(12(10)17)16(24)26-3)11-7(18)4-8(19)15(25-2)13(11)20/h4-5H,1-3H3,(H,21,22,23). The molecule has 0 fully saturated rings. The van der Waals surface area contributed by atoms with E-state index in [0.717, 1.165) is 27.2 Å². The number of carbonyl (C=O) groups excluding carboxylic acids is 2. The largest absolute Gasteiger partial charge is 0.491 e. The second kappa shape index (κ2) is 7.61. The summed E-state index contributed by atoms with van der Waals surface area (Å²) in [6.45, 7) is 1.16. The molecule has 1 N–H and O–H groups in total. The fraction of sp³-hybridized carbons (Fsp3) is 0.188. The van der Waals surface area contributed by atoms with E-state index < -0.39 is 52.0 Å². The molecule has 138 valence electrons. The monoisotopic (exact) mass is 388 g/mol. The molecule has 2 rings (SSSR count). The van der Waals surface area contributed by atoms with Crippen molar-refractivity contribution in [2.24, 2.45) is 0 Å². The number of rotatable bonds is 4. The number of nitrogens with one attached hydrogen (secondary N) is 1. The molecule has 0 radical (unpaired) electrons. The van der Waals surface area contributed by atoms with E-state index in [2.05, 4.69) is 19.8 Å². The number of amides is 1. The summed E-state index contributed by atoms with van der Waals surface area (Å²) in [5, 5.41) is 2.03. The van der Waals surface area contributed by atoms with Crippen LogP contribution in [0.5, 0.6) is 5.75 Å². The maximum atomic E-state index is 14.5. The van der Waals surface area contributed by atoms with E-state index in [9.17, 15) is 22.8 Å². The van der Waals surface area contributed by atoms with Crippen LogP contribution in [0.3, 0.4) is 0 Å². The summed E-state index contributed by atoms with van der Waals surface area (Å²) in [7, 11) is 2.05. The molecule has 26 heavy (non-hydrogen) atoms. The lowest BCUT2D eigenvalue weighted by molar-refractivity contribution is -0.114. The zero-order valence-corrected chi connectivity index (χ0v) is 14.5. The number of anilines is 1. The summed E-state index contributed by atoms with van der Waals surface area (Å²) in [5.41, 5.74) is -1.81. The highest BCUT2D eigenvalue weighted by Crippen LogP contribution is 2.36. The van der Waals surface area contributed by atoms with Crippen LogP contribution in [0.2, 0.25) is 5.02 Å². The number of ether oxygens (including phenoxy) is 2. The Hall–Kier alpha value is -2.81. The third-order valence-electron chi connectivity index (χ3n) is 3.24. The molecule has 0 saturated carbocycles. The molecule has 0 aliphatic carbocycles. The van der Waals surface area contributed by atoms with Crippen LogP contribution < -0.4 is 10.1 Å². The highest BCUT2D eigenvalue weighted by Gasteiger charge is 2.26. The molecule has 1 aromatic carbocycles. The fourth-order valence-electron chi connectivity index (χ4n) is 2.16. The van der Waals surface area contributed by atoms with E-state index in [4.69, 9.17) is 11.6 Å². The Morgan fingerprint density at radius 3 is 2.35 bits per heavy atom. The number of aromatic nitrogens is 1. The first-order valence-electron chi connectivity index (χ1n) is 6.99. The molecule has 0 bridgehead atoms. The molecule has 6 nitrogen and oxygen atoms in total. The highest BCUT2D eigenvalue weighted by molar-refractivity contribution is 6.36. The second-order valence-electron chi connectivity index (χ2n) is 4.95. The van der Waals surface area contributed by atoms with Gasteiger partial charge in [0.2, 0.25) is 5.91 Å². The fourth-order valence-corrected chi connectivity index (χ4v) is 2.39. The molecule has 1 amide bonds. The average molecular weight is 389 g/mol. The number of hydrogen-bond acceptors (Lipinski definition) is 5. The first-order chi connectivity index (χ1) is 12.2. The van der Waals surface area contributed by atoms with E-state index >= 15 is 0 Å². The lowest BCUT2D eigenvalue weighted by Crippen LogP contribution is -2.12. The van der Waals surface area contributed by atoms with E-state index in [0.29, 0.717) is 6.07 Å². The van der Waals surface area contributed by atoms with Gasteiger partial charge in [-0.1, -0.05) is 11.6 Å². The van der Waals surface area contributed by atoms with Crippen molar-refractivity contribution in [2.75, 3.05) is 19.5 Å². The Kier molecular flexibility index (Phi) is 5.71. The Balaban J connectivity index is 2.82. The molecule has 0 aliphatic heterocycles. The van der Waals surface area contributed by atoms with E-state index in [1.165, 1.54) is 0 Å². The van der Waals surface area contributed by atoms with Gasteiger partial charge < -0.3 is 14.8 Å². The van der Waals surface area contributed by atoms with Gasteiger partial charge in [-0.25, -0.2) is 22.9 Å². The zero-order chi connectivity index (χ0) is 19.6. The van der Waals surface area contributed by atoms with E-state index in [1.54, 1.807) is 0 Å². The molecule has 0 aliphatic rings. The van der Waals surface area contributed by atoms with Gasteiger partial charge in [0.25, 0.3) is 0 Å². The molecule has 1 heterocycles. The number of pyridine rings is 1. The smallest absolute Gasteiger partial charge is 0.358 e. The van der Waals surface area contributed by atoms with Crippen LogP contribution in [0.15, 0.2) is 12.1 Å². The van der Waals surface area contributed by atoms with Crippen LogP contribution in [0, 0.1) is 17.5 Å². The Labute approximate surface area is 150 Å². The molecule has 2 aromatic rings.